The Balaban J connectivity index is 0.00000204. The third-order valence-corrected chi connectivity index (χ3v) is 5.39. The minimum absolute atomic E-state index is 0. The molecule has 0 saturated heterocycles. The Morgan fingerprint density at radius 2 is 1.94 bits per heavy atom. The molecule has 35 heavy (non-hydrogen) atoms. The van der Waals surface area contributed by atoms with Crippen LogP contribution in [0.5, 0.6) is 5.75 Å². The molecule has 3 heterocycles. The maximum absolute atomic E-state index is 13.1. The monoisotopic (exact) mass is 542 g/mol. The second kappa shape index (κ2) is 12.7. The molecule has 0 aliphatic rings. The molecule has 0 fully saturated rings. The quantitative estimate of drug-likeness (QED) is 0.351. The van der Waals surface area contributed by atoms with E-state index in [-0.39, 0.29) is 56.1 Å². The van der Waals surface area contributed by atoms with Crippen molar-refractivity contribution in [2.24, 2.45) is 7.05 Å². The maximum Gasteiger partial charge on any atom is 0.340 e. The fourth-order valence-corrected chi connectivity index (χ4v) is 3.99. The van der Waals surface area contributed by atoms with Gasteiger partial charge in [-0.15, -0.1) is 37.2 Å². The van der Waals surface area contributed by atoms with Crippen LogP contribution < -0.4 is 0 Å². The van der Waals surface area contributed by atoms with Gasteiger partial charge in [0.25, 0.3) is 0 Å². The lowest BCUT2D eigenvalue weighted by molar-refractivity contribution is 0.0526. The van der Waals surface area contributed by atoms with Crippen LogP contribution in [-0.4, -0.2) is 61.0 Å². The van der Waals surface area contributed by atoms with Crippen molar-refractivity contribution in [3.8, 4) is 16.9 Å². The SMILES string of the molecule is CCOC(=O)c1c(CN(C)C)n(C)c2cc(-c3cccnc3)c(O)c(Cn3cncn3)c12.Cl.Cl.Cl. The third-order valence-electron chi connectivity index (χ3n) is 5.39. The van der Waals surface area contributed by atoms with Gasteiger partial charge in [-0.3, -0.25) is 4.98 Å². The highest BCUT2D eigenvalue weighted by molar-refractivity contribution is 6.09. The molecule has 0 aliphatic heterocycles. The van der Waals surface area contributed by atoms with Gasteiger partial charge < -0.3 is 19.3 Å². The minimum atomic E-state index is -0.414. The normalized spacial score (nSPS) is 10.4. The van der Waals surface area contributed by atoms with Crippen molar-refractivity contribution in [2.75, 3.05) is 20.7 Å². The highest BCUT2D eigenvalue weighted by atomic mass is 35.5. The lowest BCUT2D eigenvalue weighted by Crippen LogP contribution is -2.17. The van der Waals surface area contributed by atoms with E-state index in [1.807, 2.05) is 48.8 Å². The fourth-order valence-electron chi connectivity index (χ4n) is 3.99. The number of aryl methyl sites for hydroxylation is 1. The first-order chi connectivity index (χ1) is 15.4. The summed E-state index contributed by atoms with van der Waals surface area (Å²) in [7, 11) is 5.82. The Bertz CT molecular complexity index is 1260. The lowest BCUT2D eigenvalue weighted by atomic mass is 9.96. The highest BCUT2D eigenvalue weighted by Crippen LogP contribution is 2.41. The molecule has 9 nitrogen and oxygen atoms in total. The zero-order valence-electron chi connectivity index (χ0n) is 19.8. The van der Waals surface area contributed by atoms with E-state index in [2.05, 4.69) is 15.1 Å². The summed E-state index contributed by atoms with van der Waals surface area (Å²) in [5.74, 6) is -0.336. The Morgan fingerprint density at radius 1 is 1.20 bits per heavy atom. The standard InChI is InChI=1S/C23H26N6O3.3ClH/c1-5-32-23(31)21-19(12-27(2)3)28(4)18-9-16(15-7-6-8-24-10-15)22(30)17(20(18)21)11-29-14-25-13-26-29;;;/h6-10,13-14,30H,5,11-12H2,1-4H3;3*1H. The third kappa shape index (κ3) is 5.87. The van der Waals surface area contributed by atoms with Crippen molar-refractivity contribution >= 4 is 54.1 Å². The number of rotatable bonds is 7. The van der Waals surface area contributed by atoms with E-state index in [1.54, 1.807) is 30.3 Å². The van der Waals surface area contributed by atoms with Crippen molar-refractivity contribution < 1.29 is 14.6 Å². The van der Waals surface area contributed by atoms with Gasteiger partial charge in [-0.05, 0) is 33.2 Å². The van der Waals surface area contributed by atoms with Crippen molar-refractivity contribution in [2.45, 2.75) is 20.0 Å². The van der Waals surface area contributed by atoms with Crippen LogP contribution in [0.1, 0.15) is 28.5 Å². The van der Waals surface area contributed by atoms with Crippen molar-refractivity contribution in [1.29, 1.82) is 0 Å². The van der Waals surface area contributed by atoms with E-state index in [1.165, 1.54) is 6.33 Å². The minimum Gasteiger partial charge on any atom is -0.507 e. The van der Waals surface area contributed by atoms with Gasteiger partial charge in [-0.25, -0.2) is 14.5 Å². The number of benzene rings is 1. The number of aromatic hydroxyl groups is 1. The number of phenolic OH excluding ortho intramolecular Hbond substituents is 1. The summed E-state index contributed by atoms with van der Waals surface area (Å²) in [6.45, 7) is 2.82. The predicted octanol–water partition coefficient (Wildman–Crippen LogP) is 4.09. The Hall–Kier alpha value is -2.85. The van der Waals surface area contributed by atoms with Crippen LogP contribution >= 0.6 is 37.2 Å². The summed E-state index contributed by atoms with van der Waals surface area (Å²) in [5.41, 5.74) is 4.08. The van der Waals surface area contributed by atoms with Crippen LogP contribution in [-0.2, 0) is 24.9 Å². The first kappa shape index (κ1) is 30.2. The highest BCUT2D eigenvalue weighted by Gasteiger charge is 2.28. The smallest absolute Gasteiger partial charge is 0.340 e. The Kier molecular flexibility index (Phi) is 11.0. The van der Waals surface area contributed by atoms with E-state index in [4.69, 9.17) is 4.74 Å². The Morgan fingerprint density at radius 3 is 2.51 bits per heavy atom. The molecule has 0 amide bonds. The molecule has 1 N–H and O–H groups in total. The number of phenols is 1. The number of nitrogens with zero attached hydrogens (tertiary/aromatic N) is 6. The van der Waals surface area contributed by atoms with Crippen molar-refractivity contribution in [3.63, 3.8) is 0 Å². The van der Waals surface area contributed by atoms with Crippen LogP contribution in [0.25, 0.3) is 22.0 Å². The number of carbonyl (C=O) groups is 1. The summed E-state index contributed by atoms with van der Waals surface area (Å²) < 4.78 is 9.03. The van der Waals surface area contributed by atoms with Crippen LogP contribution in [0.3, 0.4) is 0 Å². The molecule has 190 valence electrons. The molecule has 0 spiro atoms. The number of halogens is 3. The average molecular weight is 544 g/mol. The summed E-state index contributed by atoms with van der Waals surface area (Å²) in [5, 5.41) is 16.3. The van der Waals surface area contributed by atoms with E-state index in [0.29, 0.717) is 28.6 Å². The zero-order chi connectivity index (χ0) is 22.8. The number of ether oxygens (including phenoxy) is 1. The largest absolute Gasteiger partial charge is 0.507 e. The molecule has 1 aromatic carbocycles. The number of carbonyl (C=O) groups excluding carboxylic acids is 1. The topological polar surface area (TPSA) is 98.3 Å². The molecule has 3 aromatic heterocycles. The molecule has 0 saturated carbocycles. The van der Waals surface area contributed by atoms with Crippen molar-refractivity contribution in [3.05, 3.63) is 60.1 Å². The summed E-state index contributed by atoms with van der Waals surface area (Å²) in [6.07, 6.45) is 6.41. The molecule has 0 aliphatic carbocycles. The van der Waals surface area contributed by atoms with Gasteiger partial charge in [-0.2, -0.15) is 5.10 Å². The van der Waals surface area contributed by atoms with Crippen molar-refractivity contribution in [1.82, 2.24) is 29.2 Å². The molecule has 0 atom stereocenters. The number of aromatic nitrogens is 5. The molecule has 0 bridgehead atoms. The van der Waals surface area contributed by atoms with Gasteiger partial charge in [0, 0.05) is 53.8 Å². The second-order valence-electron chi connectivity index (χ2n) is 7.82. The summed E-state index contributed by atoms with van der Waals surface area (Å²) in [4.78, 5) is 23.3. The first-order valence-electron chi connectivity index (χ1n) is 10.3. The number of esters is 1. The van der Waals surface area contributed by atoms with Crippen LogP contribution in [0.2, 0.25) is 0 Å². The average Bonchev–Trinajstić information content (AvgIpc) is 3.37. The molecule has 4 rings (SSSR count). The first-order valence-corrected chi connectivity index (χ1v) is 10.3. The predicted molar refractivity (Wildman–Crippen MR) is 142 cm³/mol. The van der Waals surface area contributed by atoms with Gasteiger partial charge in [0.05, 0.1) is 24.2 Å². The van der Waals surface area contributed by atoms with E-state index < -0.39 is 5.97 Å². The molecule has 0 radical (unpaired) electrons. The second-order valence-corrected chi connectivity index (χ2v) is 7.82. The van der Waals surface area contributed by atoms with Crippen LogP contribution in [0.4, 0.5) is 0 Å². The van der Waals surface area contributed by atoms with Crippen LogP contribution in [0, 0.1) is 0 Å². The molecule has 12 heteroatoms. The van der Waals surface area contributed by atoms with Gasteiger partial charge >= 0.3 is 5.97 Å². The van der Waals surface area contributed by atoms with Gasteiger partial charge in [0.1, 0.15) is 18.4 Å². The lowest BCUT2D eigenvalue weighted by Gasteiger charge is -2.14. The zero-order valence-corrected chi connectivity index (χ0v) is 22.3. The molecule has 0 unspecified atom stereocenters. The number of hydrogen-bond donors (Lipinski definition) is 1. The number of pyridine rings is 1. The number of fused-ring (bicyclic) bond motifs is 1. The summed E-state index contributed by atoms with van der Waals surface area (Å²) in [6, 6.07) is 5.61. The van der Waals surface area contributed by atoms with E-state index in [0.717, 1.165) is 16.8 Å². The Labute approximate surface area is 222 Å². The molecular formula is C23H29Cl3N6O3. The number of hydrogen-bond acceptors (Lipinski definition) is 7. The van der Waals surface area contributed by atoms with E-state index >= 15 is 0 Å². The molecule has 4 aromatic rings. The van der Waals surface area contributed by atoms with Gasteiger partial charge in [0.15, 0.2) is 0 Å². The molecular weight excluding hydrogens is 515 g/mol. The van der Waals surface area contributed by atoms with Crippen LogP contribution in [0.15, 0.2) is 43.2 Å². The maximum atomic E-state index is 13.1. The van der Waals surface area contributed by atoms with Gasteiger partial charge in [0.2, 0.25) is 0 Å². The van der Waals surface area contributed by atoms with Gasteiger partial charge in [-0.1, -0.05) is 6.07 Å². The summed E-state index contributed by atoms with van der Waals surface area (Å²) >= 11 is 0. The fraction of sp³-hybridized carbons (Fsp3) is 0.304. The van der Waals surface area contributed by atoms with E-state index in [9.17, 15) is 9.90 Å².